The molecule has 0 fully saturated rings. The highest BCUT2D eigenvalue weighted by Crippen LogP contribution is 2.23. The predicted octanol–water partition coefficient (Wildman–Crippen LogP) is 2.03. The van der Waals surface area contributed by atoms with E-state index in [-0.39, 0.29) is 17.1 Å². The van der Waals surface area contributed by atoms with Gasteiger partial charge in [0.15, 0.2) is 5.78 Å². The van der Waals surface area contributed by atoms with Crippen LogP contribution in [0.15, 0.2) is 12.1 Å². The van der Waals surface area contributed by atoms with E-state index in [0.717, 1.165) is 5.56 Å². The van der Waals surface area contributed by atoms with Gasteiger partial charge in [0, 0.05) is 0 Å². The van der Waals surface area contributed by atoms with Gasteiger partial charge in [-0.3, -0.25) is 4.79 Å². The molecule has 0 heterocycles. The van der Waals surface area contributed by atoms with Gasteiger partial charge in [-0.05, 0) is 31.0 Å². The van der Waals surface area contributed by atoms with Crippen LogP contribution in [0.25, 0.3) is 0 Å². The van der Waals surface area contributed by atoms with E-state index < -0.39 is 0 Å². The van der Waals surface area contributed by atoms with Gasteiger partial charge in [0.25, 0.3) is 0 Å². The summed E-state index contributed by atoms with van der Waals surface area (Å²) in [6.45, 7) is 3.29. The lowest BCUT2D eigenvalue weighted by Gasteiger charge is -2.05. The van der Waals surface area contributed by atoms with Gasteiger partial charge in [0.05, 0.1) is 17.2 Å². The number of phenolic OH excluding ortho intramolecular Hbond substituents is 1. The third-order valence-corrected chi connectivity index (χ3v) is 2.10. The first-order valence-corrected chi connectivity index (χ1v) is 4.37. The molecule has 0 radical (unpaired) electrons. The van der Waals surface area contributed by atoms with Crippen molar-refractivity contribution >= 4 is 5.78 Å². The molecule has 0 unspecified atom stereocenters. The Morgan fingerprint density at radius 1 is 1.57 bits per heavy atom. The van der Waals surface area contributed by atoms with Crippen LogP contribution in [0.4, 0.5) is 0 Å². The fraction of sp³-hybridized carbons (Fsp3) is 0.273. The summed E-state index contributed by atoms with van der Waals surface area (Å²) in [6.07, 6.45) is 0.670. The molecule has 0 aliphatic heterocycles. The lowest BCUT2D eigenvalue weighted by molar-refractivity contribution is 0.101. The minimum Gasteiger partial charge on any atom is -0.507 e. The first kappa shape index (κ1) is 10.3. The normalized spacial score (nSPS) is 9.50. The molecule has 1 rings (SSSR count). The number of ketones is 1. The largest absolute Gasteiger partial charge is 0.507 e. The molecule has 3 nitrogen and oxygen atoms in total. The Bertz CT molecular complexity index is 416. The number of phenols is 1. The zero-order chi connectivity index (χ0) is 10.7. The number of aromatic hydroxyl groups is 1. The number of benzene rings is 1. The second-order valence-corrected chi connectivity index (χ2v) is 3.05. The van der Waals surface area contributed by atoms with E-state index in [4.69, 9.17) is 5.26 Å². The van der Waals surface area contributed by atoms with Crippen molar-refractivity contribution in [3.05, 3.63) is 28.8 Å². The number of hydrogen-bond donors (Lipinski definition) is 1. The molecule has 3 heteroatoms. The van der Waals surface area contributed by atoms with Crippen LogP contribution < -0.4 is 0 Å². The summed E-state index contributed by atoms with van der Waals surface area (Å²) >= 11 is 0. The third-order valence-electron chi connectivity index (χ3n) is 2.10. The topological polar surface area (TPSA) is 61.1 Å². The van der Waals surface area contributed by atoms with Crippen LogP contribution in [0.2, 0.25) is 0 Å². The maximum atomic E-state index is 11.1. The first-order chi connectivity index (χ1) is 6.60. The van der Waals surface area contributed by atoms with Crippen molar-refractivity contribution < 1.29 is 9.90 Å². The summed E-state index contributed by atoms with van der Waals surface area (Å²) in [4.78, 5) is 11.1. The van der Waals surface area contributed by atoms with Gasteiger partial charge >= 0.3 is 0 Å². The second-order valence-electron chi connectivity index (χ2n) is 3.05. The maximum absolute atomic E-state index is 11.1. The standard InChI is InChI=1S/C11H11NO2/c1-3-8-4-10(7(2)13)11(14)5-9(8)6-12/h4-5,14H,3H2,1-2H3. The van der Waals surface area contributed by atoms with Crippen molar-refractivity contribution in [3.63, 3.8) is 0 Å². The fourth-order valence-electron chi connectivity index (χ4n) is 1.31. The summed E-state index contributed by atoms with van der Waals surface area (Å²) < 4.78 is 0. The molecular weight excluding hydrogens is 178 g/mol. The highest BCUT2D eigenvalue weighted by atomic mass is 16.3. The summed E-state index contributed by atoms with van der Waals surface area (Å²) in [5.74, 6) is -0.312. The molecule has 1 aromatic carbocycles. The number of hydrogen-bond acceptors (Lipinski definition) is 3. The minimum atomic E-state index is -0.193. The quantitative estimate of drug-likeness (QED) is 0.724. The Morgan fingerprint density at radius 3 is 2.64 bits per heavy atom. The van der Waals surface area contributed by atoms with E-state index in [1.165, 1.54) is 13.0 Å². The Balaban J connectivity index is 3.39. The molecule has 14 heavy (non-hydrogen) atoms. The van der Waals surface area contributed by atoms with E-state index in [1.807, 2.05) is 13.0 Å². The van der Waals surface area contributed by atoms with Crippen LogP contribution >= 0.6 is 0 Å². The van der Waals surface area contributed by atoms with E-state index in [0.29, 0.717) is 12.0 Å². The van der Waals surface area contributed by atoms with Gasteiger partial charge < -0.3 is 5.11 Å². The predicted molar refractivity (Wildman–Crippen MR) is 52.2 cm³/mol. The van der Waals surface area contributed by atoms with Gasteiger partial charge in [0.1, 0.15) is 5.75 Å². The van der Waals surface area contributed by atoms with Crippen LogP contribution in [-0.2, 0) is 6.42 Å². The molecule has 0 aliphatic carbocycles. The number of carbonyl (C=O) groups excluding carboxylic acids is 1. The lowest BCUT2D eigenvalue weighted by Crippen LogP contribution is -1.97. The highest BCUT2D eigenvalue weighted by Gasteiger charge is 2.10. The Morgan fingerprint density at radius 2 is 2.21 bits per heavy atom. The monoisotopic (exact) mass is 189 g/mol. The molecule has 0 spiro atoms. The van der Waals surface area contributed by atoms with E-state index in [9.17, 15) is 9.90 Å². The summed E-state index contributed by atoms with van der Waals surface area (Å²) in [7, 11) is 0. The van der Waals surface area contributed by atoms with Crippen LogP contribution in [0, 0.1) is 11.3 Å². The smallest absolute Gasteiger partial charge is 0.163 e. The van der Waals surface area contributed by atoms with E-state index in [2.05, 4.69) is 0 Å². The highest BCUT2D eigenvalue weighted by molar-refractivity contribution is 5.97. The number of nitrogens with zero attached hydrogens (tertiary/aromatic N) is 1. The zero-order valence-electron chi connectivity index (χ0n) is 8.16. The van der Waals surface area contributed by atoms with E-state index in [1.54, 1.807) is 6.07 Å². The third kappa shape index (κ3) is 1.74. The van der Waals surface area contributed by atoms with Crippen molar-refractivity contribution in [2.45, 2.75) is 20.3 Å². The van der Waals surface area contributed by atoms with Crippen LogP contribution in [0.1, 0.15) is 35.3 Å². The van der Waals surface area contributed by atoms with Crippen molar-refractivity contribution in [1.82, 2.24) is 0 Å². The summed E-state index contributed by atoms with van der Waals surface area (Å²) in [5, 5.41) is 18.2. The Hall–Kier alpha value is -1.82. The molecule has 1 N–H and O–H groups in total. The Labute approximate surface area is 82.6 Å². The van der Waals surface area contributed by atoms with Crippen LogP contribution in [0.5, 0.6) is 5.75 Å². The second kappa shape index (κ2) is 3.93. The SMILES string of the molecule is CCc1cc(C(C)=O)c(O)cc1C#N. The summed E-state index contributed by atoms with van der Waals surface area (Å²) in [6, 6.07) is 4.90. The summed E-state index contributed by atoms with van der Waals surface area (Å²) in [5.41, 5.74) is 1.49. The zero-order valence-corrected chi connectivity index (χ0v) is 8.16. The number of Topliss-reactive ketones (excluding diaryl/α,β-unsaturated/α-hetero) is 1. The minimum absolute atomic E-state index is 0.119. The molecule has 0 aromatic heterocycles. The lowest BCUT2D eigenvalue weighted by atomic mass is 10.00. The fourth-order valence-corrected chi connectivity index (χ4v) is 1.31. The van der Waals surface area contributed by atoms with Crippen molar-refractivity contribution in [1.29, 1.82) is 5.26 Å². The number of aryl methyl sites for hydroxylation is 1. The van der Waals surface area contributed by atoms with Gasteiger partial charge in [-0.1, -0.05) is 6.92 Å². The van der Waals surface area contributed by atoms with Crippen LogP contribution in [-0.4, -0.2) is 10.9 Å². The number of carbonyl (C=O) groups is 1. The average molecular weight is 189 g/mol. The molecule has 0 aliphatic rings. The molecule has 72 valence electrons. The maximum Gasteiger partial charge on any atom is 0.163 e. The Kier molecular flexibility index (Phi) is 2.88. The van der Waals surface area contributed by atoms with Gasteiger partial charge in [-0.25, -0.2) is 0 Å². The number of rotatable bonds is 2. The molecule has 0 saturated carbocycles. The average Bonchev–Trinajstić information content (AvgIpc) is 2.16. The first-order valence-electron chi connectivity index (χ1n) is 4.37. The molecular formula is C11H11NO2. The van der Waals surface area contributed by atoms with Crippen molar-refractivity contribution in [2.24, 2.45) is 0 Å². The molecule has 0 amide bonds. The van der Waals surface area contributed by atoms with Crippen LogP contribution in [0.3, 0.4) is 0 Å². The van der Waals surface area contributed by atoms with E-state index >= 15 is 0 Å². The van der Waals surface area contributed by atoms with Gasteiger partial charge in [0.2, 0.25) is 0 Å². The van der Waals surface area contributed by atoms with Gasteiger partial charge in [-0.15, -0.1) is 0 Å². The van der Waals surface area contributed by atoms with Gasteiger partial charge in [-0.2, -0.15) is 5.26 Å². The number of nitriles is 1. The van der Waals surface area contributed by atoms with Crippen molar-refractivity contribution in [3.8, 4) is 11.8 Å². The van der Waals surface area contributed by atoms with Crippen molar-refractivity contribution in [2.75, 3.05) is 0 Å². The molecule has 0 atom stereocenters. The molecule has 0 saturated heterocycles. The molecule has 0 bridgehead atoms. The molecule has 1 aromatic rings.